The highest BCUT2D eigenvalue weighted by molar-refractivity contribution is 9.10. The minimum atomic E-state index is -4.66. The van der Waals surface area contributed by atoms with Crippen LogP contribution in [-0.2, 0) is 23.9 Å². The predicted octanol–water partition coefficient (Wildman–Crippen LogP) is 5.23. The maximum Gasteiger partial charge on any atom is 0.416 e. The smallest absolute Gasteiger partial charge is 0.323 e. The maximum absolute atomic E-state index is 14.7. The minimum absolute atomic E-state index is 0.00956. The lowest BCUT2D eigenvalue weighted by Gasteiger charge is -2.34. The molecule has 0 radical (unpaired) electrons. The minimum Gasteiger partial charge on any atom is -0.323 e. The van der Waals surface area contributed by atoms with Crippen molar-refractivity contribution in [3.05, 3.63) is 62.9 Å². The van der Waals surface area contributed by atoms with Gasteiger partial charge in [0.1, 0.15) is 5.82 Å². The zero-order chi connectivity index (χ0) is 23.5. The van der Waals surface area contributed by atoms with Crippen molar-refractivity contribution in [2.45, 2.75) is 33.0 Å². The van der Waals surface area contributed by atoms with Crippen molar-refractivity contribution < 1.29 is 22.4 Å². The summed E-state index contributed by atoms with van der Waals surface area (Å²) in [6.07, 6.45) is -4.72. The molecule has 9 heteroatoms. The van der Waals surface area contributed by atoms with Crippen LogP contribution in [0, 0.1) is 12.7 Å². The number of hydrogen-bond donors (Lipinski definition) is 1. The standard InChI is InChI=1S/C23H26BrF4N3O/c1-3-30-6-8-31(9-7-30)14-17-11-20(25)21(13-19(17)23(26,27)28)29-22(32)12-16-4-5-18(24)10-15(16)2/h4-5,10-11,13H,3,6-9,12,14H2,1-2H3,(H,29,32). The highest BCUT2D eigenvalue weighted by Crippen LogP contribution is 2.36. The molecule has 0 spiro atoms. The molecule has 3 rings (SSSR count). The van der Waals surface area contributed by atoms with Gasteiger partial charge in [0.2, 0.25) is 5.91 Å². The van der Waals surface area contributed by atoms with E-state index in [2.05, 4.69) is 26.1 Å². The van der Waals surface area contributed by atoms with Gasteiger partial charge < -0.3 is 10.2 Å². The Balaban J connectivity index is 1.78. The monoisotopic (exact) mass is 515 g/mol. The molecule has 1 amide bonds. The van der Waals surface area contributed by atoms with Crippen molar-refractivity contribution in [1.82, 2.24) is 9.80 Å². The van der Waals surface area contributed by atoms with E-state index in [0.29, 0.717) is 24.7 Å². The Morgan fingerprint density at radius 1 is 1.06 bits per heavy atom. The van der Waals surface area contributed by atoms with Crippen LogP contribution in [0.1, 0.15) is 29.2 Å². The summed E-state index contributed by atoms with van der Waals surface area (Å²) in [6.45, 7) is 7.55. The second kappa shape index (κ2) is 10.3. The van der Waals surface area contributed by atoms with Crippen LogP contribution in [-0.4, -0.2) is 48.4 Å². The van der Waals surface area contributed by atoms with Crippen molar-refractivity contribution in [2.75, 3.05) is 38.0 Å². The number of rotatable bonds is 6. The molecule has 0 aliphatic carbocycles. The van der Waals surface area contributed by atoms with Gasteiger partial charge in [0.05, 0.1) is 17.7 Å². The Morgan fingerprint density at radius 3 is 2.31 bits per heavy atom. The molecule has 0 bridgehead atoms. The summed E-state index contributed by atoms with van der Waals surface area (Å²) in [5.41, 5.74) is 0.0553. The Labute approximate surface area is 193 Å². The van der Waals surface area contributed by atoms with Crippen molar-refractivity contribution in [2.24, 2.45) is 0 Å². The summed E-state index contributed by atoms with van der Waals surface area (Å²) in [4.78, 5) is 16.5. The Morgan fingerprint density at radius 2 is 1.72 bits per heavy atom. The van der Waals surface area contributed by atoms with Gasteiger partial charge in [-0.05, 0) is 54.4 Å². The molecule has 32 heavy (non-hydrogen) atoms. The first-order valence-corrected chi connectivity index (χ1v) is 11.2. The van der Waals surface area contributed by atoms with Crippen LogP contribution in [0.15, 0.2) is 34.8 Å². The quantitative estimate of drug-likeness (QED) is 0.534. The predicted molar refractivity (Wildman–Crippen MR) is 120 cm³/mol. The summed E-state index contributed by atoms with van der Waals surface area (Å²) in [5, 5.41) is 2.31. The summed E-state index contributed by atoms with van der Waals surface area (Å²) in [7, 11) is 0. The fraction of sp³-hybridized carbons (Fsp3) is 0.435. The number of halogens is 5. The van der Waals surface area contributed by atoms with Gasteiger partial charge in [-0.2, -0.15) is 13.2 Å². The van der Waals surface area contributed by atoms with Crippen LogP contribution >= 0.6 is 15.9 Å². The van der Waals surface area contributed by atoms with Crippen molar-refractivity contribution in [1.29, 1.82) is 0 Å². The van der Waals surface area contributed by atoms with Crippen LogP contribution in [0.2, 0.25) is 0 Å². The van der Waals surface area contributed by atoms with E-state index in [1.165, 1.54) is 0 Å². The van der Waals surface area contributed by atoms with Crippen molar-refractivity contribution in [3.8, 4) is 0 Å². The van der Waals surface area contributed by atoms with E-state index in [4.69, 9.17) is 0 Å². The van der Waals surface area contributed by atoms with Crippen LogP contribution < -0.4 is 5.32 Å². The first-order valence-electron chi connectivity index (χ1n) is 10.5. The molecular weight excluding hydrogens is 490 g/mol. The first kappa shape index (κ1) is 24.7. The molecule has 1 heterocycles. The number of carbonyl (C=O) groups is 1. The second-order valence-electron chi connectivity index (χ2n) is 7.99. The molecule has 4 nitrogen and oxygen atoms in total. The van der Waals surface area contributed by atoms with Crippen molar-refractivity contribution >= 4 is 27.5 Å². The van der Waals surface area contributed by atoms with Crippen LogP contribution in [0.25, 0.3) is 0 Å². The Hall–Kier alpha value is -1.97. The van der Waals surface area contributed by atoms with Crippen molar-refractivity contribution in [3.63, 3.8) is 0 Å². The summed E-state index contributed by atoms with van der Waals surface area (Å²) in [5.74, 6) is -1.45. The average molecular weight is 516 g/mol. The number of likely N-dealkylation sites (N-methyl/N-ethyl adjacent to an activating group) is 1. The fourth-order valence-corrected chi connectivity index (χ4v) is 4.31. The number of carbonyl (C=O) groups excluding carboxylic acids is 1. The summed E-state index contributed by atoms with van der Waals surface area (Å²) >= 11 is 3.34. The van der Waals surface area contributed by atoms with Gasteiger partial charge in [0, 0.05) is 37.2 Å². The summed E-state index contributed by atoms with van der Waals surface area (Å²) in [6, 6.07) is 6.96. The van der Waals surface area contributed by atoms with Gasteiger partial charge in [0.25, 0.3) is 0 Å². The molecule has 2 aromatic carbocycles. The number of piperazine rings is 1. The van der Waals surface area contributed by atoms with E-state index in [1.54, 1.807) is 12.1 Å². The highest BCUT2D eigenvalue weighted by Gasteiger charge is 2.35. The van der Waals surface area contributed by atoms with Gasteiger partial charge in [-0.25, -0.2) is 4.39 Å². The highest BCUT2D eigenvalue weighted by atomic mass is 79.9. The molecule has 1 N–H and O–H groups in total. The lowest BCUT2D eigenvalue weighted by molar-refractivity contribution is -0.138. The maximum atomic E-state index is 14.7. The number of nitrogens with one attached hydrogen (secondary N) is 1. The molecule has 0 unspecified atom stereocenters. The lowest BCUT2D eigenvalue weighted by Crippen LogP contribution is -2.45. The molecule has 1 saturated heterocycles. The molecule has 0 atom stereocenters. The number of benzene rings is 2. The molecule has 174 valence electrons. The number of anilines is 1. The molecule has 0 aromatic heterocycles. The number of alkyl halides is 3. The van der Waals surface area contributed by atoms with E-state index >= 15 is 0 Å². The Kier molecular flexibility index (Phi) is 7.95. The van der Waals surface area contributed by atoms with Gasteiger partial charge in [0.15, 0.2) is 0 Å². The number of hydrogen-bond acceptors (Lipinski definition) is 3. The van der Waals surface area contributed by atoms with Gasteiger partial charge in [-0.1, -0.05) is 28.9 Å². The third-order valence-corrected chi connectivity index (χ3v) is 6.23. The zero-order valence-electron chi connectivity index (χ0n) is 18.0. The molecule has 1 aliphatic heterocycles. The van der Waals surface area contributed by atoms with E-state index in [0.717, 1.165) is 35.7 Å². The SMILES string of the molecule is CCN1CCN(Cc2cc(F)c(NC(=O)Cc3ccc(Br)cc3C)cc2C(F)(F)F)CC1. The summed E-state index contributed by atoms with van der Waals surface area (Å²) < 4.78 is 56.8. The van der Waals surface area contributed by atoms with Crippen LogP contribution in [0.3, 0.4) is 0 Å². The second-order valence-corrected chi connectivity index (χ2v) is 8.91. The normalized spacial score (nSPS) is 15.7. The average Bonchev–Trinajstić information content (AvgIpc) is 2.71. The molecular formula is C23H26BrF4N3O. The third-order valence-electron chi connectivity index (χ3n) is 5.73. The Bertz CT molecular complexity index is 972. The van der Waals surface area contributed by atoms with E-state index in [-0.39, 0.29) is 18.5 Å². The van der Waals surface area contributed by atoms with E-state index < -0.39 is 29.2 Å². The fourth-order valence-electron chi connectivity index (χ4n) is 3.83. The third kappa shape index (κ3) is 6.30. The van der Waals surface area contributed by atoms with Crippen LogP contribution in [0.4, 0.5) is 23.2 Å². The zero-order valence-corrected chi connectivity index (χ0v) is 19.6. The van der Waals surface area contributed by atoms with Gasteiger partial charge in [-0.15, -0.1) is 0 Å². The van der Waals surface area contributed by atoms with E-state index in [1.807, 2.05) is 24.8 Å². The largest absolute Gasteiger partial charge is 0.416 e. The molecule has 1 fully saturated rings. The first-order chi connectivity index (χ1) is 15.1. The number of aryl methyl sites for hydroxylation is 1. The number of amides is 1. The molecule has 1 aliphatic rings. The van der Waals surface area contributed by atoms with E-state index in [9.17, 15) is 22.4 Å². The molecule has 2 aromatic rings. The topological polar surface area (TPSA) is 35.6 Å². The molecule has 0 saturated carbocycles. The lowest BCUT2D eigenvalue weighted by atomic mass is 10.0. The van der Waals surface area contributed by atoms with Crippen LogP contribution in [0.5, 0.6) is 0 Å². The van der Waals surface area contributed by atoms with Gasteiger partial charge in [-0.3, -0.25) is 9.69 Å². The number of nitrogens with zero attached hydrogens (tertiary/aromatic N) is 2. The van der Waals surface area contributed by atoms with Gasteiger partial charge >= 0.3 is 6.18 Å².